The molecule has 1 aromatic carbocycles. The number of benzene rings is 1. The maximum atomic E-state index is 11.7. The summed E-state index contributed by atoms with van der Waals surface area (Å²) >= 11 is 0. The molecule has 1 saturated carbocycles. The highest BCUT2D eigenvalue weighted by Crippen LogP contribution is 2.40. The maximum absolute atomic E-state index is 11.7. The molecule has 6 nitrogen and oxygen atoms in total. The summed E-state index contributed by atoms with van der Waals surface area (Å²) in [6.07, 6.45) is 7.06. The standard InChI is InChI=1S/C18H23N5O/c1-13-5-3-6-14(11-13)18(23-24)9-4-7-15(12-18)21-22-17-16(19-2)8-10-20-17/h3,5-6,8,10-11,15,21H,4,7,9,12H2,1-2H3,(H,19,20,22). The van der Waals surface area contributed by atoms with Gasteiger partial charge in [-0.15, -0.1) is 4.91 Å². The number of nitrogens with zero attached hydrogens (tertiary/aromatic N) is 3. The second-order valence-electron chi connectivity index (χ2n) is 6.46. The highest BCUT2D eigenvalue weighted by Gasteiger charge is 2.39. The van der Waals surface area contributed by atoms with Crippen LogP contribution in [0.4, 0.5) is 0 Å². The largest absolute Gasteiger partial charge is 0.343 e. The van der Waals surface area contributed by atoms with Crippen molar-refractivity contribution < 1.29 is 0 Å². The van der Waals surface area contributed by atoms with Crippen molar-refractivity contribution in [3.63, 3.8) is 0 Å². The minimum absolute atomic E-state index is 0.116. The number of nitroso groups, excluding NO2 is 1. The molecule has 0 saturated heterocycles. The smallest absolute Gasteiger partial charge is 0.175 e. The van der Waals surface area contributed by atoms with E-state index in [2.05, 4.69) is 32.1 Å². The average Bonchev–Trinajstić information content (AvgIpc) is 3.07. The molecule has 3 rings (SSSR count). The first-order chi connectivity index (χ1) is 11.7. The molecule has 2 N–H and O–H groups in total. The lowest BCUT2D eigenvalue weighted by Crippen LogP contribution is -2.40. The molecule has 1 aliphatic heterocycles. The lowest BCUT2D eigenvalue weighted by molar-refractivity contribution is 0.247. The molecule has 1 heterocycles. The van der Waals surface area contributed by atoms with E-state index in [-0.39, 0.29) is 6.04 Å². The van der Waals surface area contributed by atoms with E-state index in [1.54, 1.807) is 7.05 Å². The fourth-order valence-electron chi connectivity index (χ4n) is 3.47. The van der Waals surface area contributed by atoms with Crippen LogP contribution in [0, 0.1) is 11.8 Å². The van der Waals surface area contributed by atoms with Gasteiger partial charge in [0.05, 0.1) is 0 Å². The molecule has 1 fully saturated rings. The number of hydrazone groups is 1. The molecule has 2 unspecified atom stereocenters. The van der Waals surface area contributed by atoms with Crippen molar-refractivity contribution >= 4 is 11.5 Å². The molecule has 1 aliphatic carbocycles. The number of hydrogen-bond donors (Lipinski definition) is 2. The molecule has 2 atom stereocenters. The van der Waals surface area contributed by atoms with Gasteiger partial charge in [0.25, 0.3) is 0 Å². The van der Waals surface area contributed by atoms with Gasteiger partial charge in [-0.05, 0) is 37.8 Å². The minimum atomic E-state index is -0.662. The number of nitrogens with one attached hydrogen (secondary N) is 2. The quantitative estimate of drug-likeness (QED) is 0.660. The fraction of sp³-hybridized carbons (Fsp3) is 0.444. The van der Waals surface area contributed by atoms with E-state index < -0.39 is 5.54 Å². The molecule has 0 spiro atoms. The van der Waals surface area contributed by atoms with Crippen molar-refractivity contribution in [2.24, 2.45) is 15.3 Å². The molecule has 0 amide bonds. The first-order valence-corrected chi connectivity index (χ1v) is 8.32. The average molecular weight is 325 g/mol. The Hall–Kier alpha value is -2.50. The second-order valence-corrected chi connectivity index (χ2v) is 6.46. The summed E-state index contributed by atoms with van der Waals surface area (Å²) in [5.41, 5.74) is 5.52. The summed E-state index contributed by atoms with van der Waals surface area (Å²) < 4.78 is 0. The van der Waals surface area contributed by atoms with Crippen LogP contribution in [0.2, 0.25) is 0 Å². The first-order valence-electron chi connectivity index (χ1n) is 8.32. The summed E-state index contributed by atoms with van der Waals surface area (Å²) in [6, 6.07) is 8.22. The van der Waals surface area contributed by atoms with Gasteiger partial charge in [0, 0.05) is 25.7 Å². The summed E-state index contributed by atoms with van der Waals surface area (Å²) in [7, 11) is 1.74. The van der Waals surface area contributed by atoms with E-state index in [4.69, 9.17) is 0 Å². The lowest BCUT2D eigenvalue weighted by Gasteiger charge is -2.35. The van der Waals surface area contributed by atoms with Crippen LogP contribution in [0.1, 0.15) is 36.8 Å². The second kappa shape index (κ2) is 6.95. The number of aliphatic imine (C=N–C) groups is 1. The number of amidine groups is 1. The normalized spacial score (nSPS) is 29.7. The molecule has 0 bridgehead atoms. The number of rotatable bonds is 4. The third-order valence-electron chi connectivity index (χ3n) is 4.76. The van der Waals surface area contributed by atoms with Crippen LogP contribution in [0.15, 0.2) is 51.8 Å². The molecule has 1 aromatic rings. The molecule has 0 radical (unpaired) electrons. The SMILES string of the molecule is C/N=C1\C=CN\C1=N\NC1CCCC(N=O)(c2cccc(C)c2)C1. The van der Waals surface area contributed by atoms with Crippen molar-refractivity contribution in [3.8, 4) is 0 Å². The maximum Gasteiger partial charge on any atom is 0.175 e. The van der Waals surface area contributed by atoms with Crippen LogP contribution in [0.5, 0.6) is 0 Å². The molecule has 24 heavy (non-hydrogen) atoms. The van der Waals surface area contributed by atoms with Crippen molar-refractivity contribution in [1.29, 1.82) is 0 Å². The predicted octanol–water partition coefficient (Wildman–Crippen LogP) is 2.99. The molecule has 126 valence electrons. The monoisotopic (exact) mass is 325 g/mol. The zero-order valence-electron chi connectivity index (χ0n) is 14.1. The Morgan fingerprint density at radius 2 is 2.25 bits per heavy atom. The highest BCUT2D eigenvalue weighted by atomic mass is 16.3. The Labute approximate surface area is 142 Å². The van der Waals surface area contributed by atoms with Gasteiger partial charge in [0.2, 0.25) is 0 Å². The van der Waals surface area contributed by atoms with Gasteiger partial charge in [-0.25, -0.2) is 0 Å². The van der Waals surface area contributed by atoms with E-state index in [1.807, 2.05) is 37.4 Å². The molecular weight excluding hydrogens is 302 g/mol. The Morgan fingerprint density at radius 3 is 3.00 bits per heavy atom. The van der Waals surface area contributed by atoms with Crippen LogP contribution < -0.4 is 10.7 Å². The van der Waals surface area contributed by atoms with Crippen LogP contribution in [-0.2, 0) is 5.54 Å². The Morgan fingerprint density at radius 1 is 1.38 bits per heavy atom. The van der Waals surface area contributed by atoms with E-state index >= 15 is 0 Å². The van der Waals surface area contributed by atoms with Crippen molar-refractivity contribution in [3.05, 3.63) is 52.6 Å². The molecular formula is C18H23N5O. The summed E-state index contributed by atoms with van der Waals surface area (Å²) in [4.78, 5) is 15.9. The topological polar surface area (TPSA) is 78.2 Å². The van der Waals surface area contributed by atoms with Gasteiger partial charge in [-0.2, -0.15) is 5.10 Å². The van der Waals surface area contributed by atoms with Crippen molar-refractivity contribution in [2.75, 3.05) is 7.05 Å². The Kier molecular flexibility index (Phi) is 4.74. The van der Waals surface area contributed by atoms with E-state index in [0.29, 0.717) is 12.3 Å². The van der Waals surface area contributed by atoms with E-state index in [9.17, 15) is 4.91 Å². The summed E-state index contributed by atoms with van der Waals surface area (Å²) in [5, 5.41) is 11.1. The zero-order chi connectivity index (χ0) is 17.0. The highest BCUT2D eigenvalue weighted by molar-refractivity contribution is 6.47. The van der Waals surface area contributed by atoms with Gasteiger partial charge in [-0.3, -0.25) is 4.99 Å². The summed E-state index contributed by atoms with van der Waals surface area (Å²) in [5.74, 6) is 0.711. The van der Waals surface area contributed by atoms with E-state index in [1.165, 1.54) is 0 Å². The molecule has 6 heteroatoms. The predicted molar refractivity (Wildman–Crippen MR) is 97.1 cm³/mol. The van der Waals surface area contributed by atoms with Gasteiger partial charge >= 0.3 is 0 Å². The number of aryl methyl sites for hydroxylation is 1. The third kappa shape index (κ3) is 3.22. The Balaban J connectivity index is 1.76. The third-order valence-corrected chi connectivity index (χ3v) is 4.76. The van der Waals surface area contributed by atoms with Crippen LogP contribution in [0.3, 0.4) is 0 Å². The summed E-state index contributed by atoms with van der Waals surface area (Å²) in [6.45, 7) is 2.04. The lowest BCUT2D eigenvalue weighted by atomic mass is 9.75. The van der Waals surface area contributed by atoms with E-state index in [0.717, 1.165) is 36.1 Å². The fourth-order valence-corrected chi connectivity index (χ4v) is 3.47. The molecule has 2 aliphatic rings. The van der Waals surface area contributed by atoms with Crippen LogP contribution in [0.25, 0.3) is 0 Å². The van der Waals surface area contributed by atoms with Gasteiger partial charge in [-0.1, -0.05) is 35.0 Å². The van der Waals surface area contributed by atoms with Crippen LogP contribution in [-0.4, -0.2) is 24.6 Å². The van der Waals surface area contributed by atoms with Gasteiger partial charge < -0.3 is 10.7 Å². The van der Waals surface area contributed by atoms with Crippen LogP contribution >= 0.6 is 0 Å². The zero-order valence-corrected chi connectivity index (χ0v) is 14.1. The van der Waals surface area contributed by atoms with Crippen molar-refractivity contribution in [1.82, 2.24) is 10.7 Å². The first kappa shape index (κ1) is 16.4. The van der Waals surface area contributed by atoms with Gasteiger partial charge in [0.1, 0.15) is 11.3 Å². The van der Waals surface area contributed by atoms with Crippen molar-refractivity contribution in [2.45, 2.75) is 44.2 Å². The minimum Gasteiger partial charge on any atom is -0.343 e. The molecule has 0 aromatic heterocycles. The Bertz CT molecular complexity index is 709. The number of hydrogen-bond acceptors (Lipinski definition) is 5. The van der Waals surface area contributed by atoms with Gasteiger partial charge in [0.15, 0.2) is 5.84 Å².